The van der Waals surface area contributed by atoms with Crippen molar-refractivity contribution >= 4 is 46.8 Å². The minimum atomic E-state index is -2.08. The molecule has 29 heavy (non-hydrogen) atoms. The molecule has 2 aromatic rings. The number of carboxylic acid groups (broad SMARTS) is 1. The Morgan fingerprint density at radius 2 is 1.97 bits per heavy atom. The Labute approximate surface area is 183 Å². The van der Waals surface area contributed by atoms with Crippen molar-refractivity contribution < 1.29 is 14.7 Å². The molecule has 1 aromatic carbocycles. The third-order valence-corrected chi connectivity index (χ3v) is 6.78. The predicted octanol–water partition coefficient (Wildman–Crippen LogP) is 3.50. The molecule has 0 aliphatic carbocycles. The molecule has 1 aromatic heterocycles. The van der Waals surface area contributed by atoms with Crippen LogP contribution in [0.1, 0.15) is 18.4 Å². The molecule has 0 spiro atoms. The molecule has 1 unspecified atom stereocenters. The molecule has 1 saturated heterocycles. The smallest absolute Gasteiger partial charge is 0.333 e. The van der Waals surface area contributed by atoms with Crippen LogP contribution in [0.2, 0.25) is 10.0 Å². The fourth-order valence-corrected chi connectivity index (χ4v) is 4.80. The summed E-state index contributed by atoms with van der Waals surface area (Å²) in [7, 11) is 0. The fourth-order valence-electron chi connectivity index (χ4n) is 3.25. The summed E-state index contributed by atoms with van der Waals surface area (Å²) in [5, 5.41) is 11.7. The van der Waals surface area contributed by atoms with Crippen LogP contribution in [0.5, 0.6) is 0 Å². The first kappa shape index (κ1) is 21.9. The lowest BCUT2D eigenvalue weighted by Crippen LogP contribution is -2.63. The fraction of sp³-hybridized carbons (Fsp3) is 0.350. The van der Waals surface area contributed by atoms with Gasteiger partial charge in [0.15, 0.2) is 5.54 Å². The van der Waals surface area contributed by atoms with Crippen LogP contribution in [-0.2, 0) is 16.0 Å². The molecule has 1 atom stereocenters. The third-order valence-electron chi connectivity index (χ3n) is 4.90. The van der Waals surface area contributed by atoms with Crippen molar-refractivity contribution in [2.75, 3.05) is 13.1 Å². The number of hydrogen-bond donors (Lipinski definition) is 2. The van der Waals surface area contributed by atoms with Crippen LogP contribution in [-0.4, -0.2) is 50.7 Å². The second-order valence-electron chi connectivity index (χ2n) is 6.97. The molecular weight excluding hydrogens is 433 g/mol. The first-order chi connectivity index (χ1) is 13.8. The van der Waals surface area contributed by atoms with E-state index in [0.717, 1.165) is 17.9 Å². The monoisotopic (exact) mass is 453 g/mol. The summed E-state index contributed by atoms with van der Waals surface area (Å²) in [4.78, 5) is 30.8. The minimum Gasteiger partial charge on any atom is -0.479 e. The van der Waals surface area contributed by atoms with Crippen LogP contribution >= 0.6 is 35.0 Å². The van der Waals surface area contributed by atoms with Crippen molar-refractivity contribution in [2.45, 2.75) is 35.1 Å². The normalized spacial score (nSPS) is 17.0. The maximum absolute atomic E-state index is 13.0. The molecule has 0 radical (unpaired) electrons. The number of benzene rings is 1. The summed E-state index contributed by atoms with van der Waals surface area (Å²) in [6.07, 6.45) is 3.02. The summed E-state index contributed by atoms with van der Waals surface area (Å²) in [6.45, 7) is 0.897. The molecule has 3 N–H and O–H groups in total. The summed E-state index contributed by atoms with van der Waals surface area (Å²) in [6, 6.07) is 10.4. The molecule has 1 fully saturated rings. The number of piperidine rings is 1. The van der Waals surface area contributed by atoms with E-state index in [2.05, 4.69) is 4.98 Å². The van der Waals surface area contributed by atoms with Crippen LogP contribution in [0.15, 0.2) is 47.6 Å². The van der Waals surface area contributed by atoms with Gasteiger partial charge in [-0.2, -0.15) is 0 Å². The van der Waals surface area contributed by atoms with Gasteiger partial charge in [-0.25, -0.2) is 9.78 Å². The van der Waals surface area contributed by atoms with Crippen LogP contribution in [0.4, 0.5) is 0 Å². The molecule has 1 aliphatic rings. The van der Waals surface area contributed by atoms with Crippen molar-refractivity contribution in [3.8, 4) is 0 Å². The first-order valence-corrected chi connectivity index (χ1v) is 10.8. The highest BCUT2D eigenvalue weighted by Crippen LogP contribution is 2.30. The van der Waals surface area contributed by atoms with E-state index in [0.29, 0.717) is 28.9 Å². The number of halogens is 2. The van der Waals surface area contributed by atoms with Gasteiger partial charge in [-0.05, 0) is 42.7 Å². The Kier molecular flexibility index (Phi) is 7.05. The Hall–Kier alpha value is -1.80. The van der Waals surface area contributed by atoms with E-state index in [-0.39, 0.29) is 11.4 Å². The lowest BCUT2D eigenvalue weighted by molar-refractivity contribution is -0.153. The van der Waals surface area contributed by atoms with Crippen LogP contribution in [0.25, 0.3) is 0 Å². The summed E-state index contributed by atoms with van der Waals surface area (Å²) in [5.74, 6) is -1.98. The molecule has 1 amide bonds. The quantitative estimate of drug-likeness (QED) is 0.649. The van der Waals surface area contributed by atoms with E-state index in [1.54, 1.807) is 30.1 Å². The first-order valence-electron chi connectivity index (χ1n) is 9.13. The number of carbonyl (C=O) groups is 2. The Balaban J connectivity index is 1.67. The van der Waals surface area contributed by atoms with Gasteiger partial charge >= 0.3 is 5.97 Å². The van der Waals surface area contributed by atoms with Crippen molar-refractivity contribution in [2.24, 2.45) is 5.73 Å². The average Bonchev–Trinajstić information content (AvgIpc) is 2.70. The number of carbonyl (C=O) groups excluding carboxylic acids is 1. The number of thioether (sulfide) groups is 1. The molecule has 0 bridgehead atoms. The van der Waals surface area contributed by atoms with Gasteiger partial charge in [0.1, 0.15) is 0 Å². The Morgan fingerprint density at radius 1 is 1.24 bits per heavy atom. The lowest BCUT2D eigenvalue weighted by atomic mass is 9.89. The van der Waals surface area contributed by atoms with E-state index in [1.165, 1.54) is 11.0 Å². The van der Waals surface area contributed by atoms with Crippen LogP contribution in [0, 0.1) is 0 Å². The number of hydrogen-bond acceptors (Lipinski definition) is 5. The molecule has 2 heterocycles. The van der Waals surface area contributed by atoms with Crippen LogP contribution in [0.3, 0.4) is 0 Å². The Bertz CT molecular complexity index is 892. The van der Waals surface area contributed by atoms with E-state index in [1.807, 2.05) is 18.2 Å². The largest absolute Gasteiger partial charge is 0.479 e. The van der Waals surface area contributed by atoms with Gasteiger partial charge in [0.2, 0.25) is 0 Å². The van der Waals surface area contributed by atoms with Crippen LogP contribution < -0.4 is 5.73 Å². The Morgan fingerprint density at radius 3 is 2.55 bits per heavy atom. The van der Waals surface area contributed by atoms with Crippen molar-refractivity contribution in [1.82, 2.24) is 9.88 Å². The van der Waals surface area contributed by atoms with Crippen molar-refractivity contribution in [3.05, 3.63) is 58.2 Å². The topological polar surface area (TPSA) is 96.5 Å². The number of carboxylic acids is 1. The van der Waals surface area contributed by atoms with E-state index < -0.39 is 17.4 Å². The van der Waals surface area contributed by atoms with Gasteiger partial charge in [-0.15, -0.1) is 11.8 Å². The highest BCUT2D eigenvalue weighted by atomic mass is 35.5. The second kappa shape index (κ2) is 9.34. The zero-order valence-corrected chi connectivity index (χ0v) is 17.9. The number of nitrogens with zero attached hydrogens (tertiary/aromatic N) is 2. The van der Waals surface area contributed by atoms with Gasteiger partial charge in [-0.3, -0.25) is 4.79 Å². The summed E-state index contributed by atoms with van der Waals surface area (Å²) < 4.78 is 0. The molecular formula is C20H21Cl2N3O3S. The lowest BCUT2D eigenvalue weighted by Gasteiger charge is -2.36. The van der Waals surface area contributed by atoms with E-state index >= 15 is 0 Å². The average molecular weight is 454 g/mol. The van der Waals surface area contributed by atoms with Gasteiger partial charge in [-0.1, -0.05) is 35.3 Å². The zero-order chi connectivity index (χ0) is 21.0. The standard InChI is InChI=1S/C20H21Cl2N3O3S/c21-14-5-4-13(16(22)11-14)12-20(23,19(27)28)18(26)25-9-6-15(7-10-25)29-17-3-1-2-8-24-17/h1-5,8,11,15H,6-7,9-10,12,23H2,(H,27,28). The number of aliphatic carboxylic acids is 1. The summed E-state index contributed by atoms with van der Waals surface area (Å²) in [5.41, 5.74) is 4.50. The maximum atomic E-state index is 13.0. The molecule has 3 rings (SSSR count). The predicted molar refractivity (Wildman–Crippen MR) is 114 cm³/mol. The number of rotatable bonds is 6. The van der Waals surface area contributed by atoms with Gasteiger partial charge in [0, 0.05) is 41.0 Å². The molecule has 9 heteroatoms. The highest BCUT2D eigenvalue weighted by molar-refractivity contribution is 7.99. The molecule has 1 aliphatic heterocycles. The highest BCUT2D eigenvalue weighted by Gasteiger charge is 2.46. The number of likely N-dealkylation sites (tertiary alicyclic amines) is 1. The maximum Gasteiger partial charge on any atom is 0.333 e. The molecule has 154 valence electrons. The molecule has 0 saturated carbocycles. The third kappa shape index (κ3) is 5.22. The SMILES string of the molecule is NC(Cc1ccc(Cl)cc1Cl)(C(=O)O)C(=O)N1CCC(Sc2ccccn2)CC1. The number of nitrogens with two attached hydrogens (primary N) is 1. The van der Waals surface area contributed by atoms with Crippen molar-refractivity contribution in [3.63, 3.8) is 0 Å². The number of amides is 1. The van der Waals surface area contributed by atoms with E-state index in [4.69, 9.17) is 28.9 Å². The minimum absolute atomic E-state index is 0.209. The molecule has 6 nitrogen and oxygen atoms in total. The number of pyridine rings is 1. The van der Waals surface area contributed by atoms with E-state index in [9.17, 15) is 14.7 Å². The second-order valence-corrected chi connectivity index (χ2v) is 9.13. The van der Waals surface area contributed by atoms with Gasteiger partial charge in [0.05, 0.1) is 5.03 Å². The summed E-state index contributed by atoms with van der Waals surface area (Å²) >= 11 is 13.7. The van der Waals surface area contributed by atoms with Gasteiger partial charge < -0.3 is 15.7 Å². The van der Waals surface area contributed by atoms with Crippen molar-refractivity contribution in [1.29, 1.82) is 0 Å². The number of aromatic nitrogens is 1. The van der Waals surface area contributed by atoms with Gasteiger partial charge in [0.25, 0.3) is 5.91 Å². The zero-order valence-electron chi connectivity index (χ0n) is 15.6.